The second-order valence-corrected chi connectivity index (χ2v) is 13.0. The summed E-state index contributed by atoms with van der Waals surface area (Å²) in [6, 6.07) is -4.71. The van der Waals surface area contributed by atoms with Gasteiger partial charge in [0, 0.05) is 6.42 Å². The van der Waals surface area contributed by atoms with Gasteiger partial charge < -0.3 is 42.9 Å². The maximum Gasteiger partial charge on any atom is 0.245 e. The molecule has 0 spiro atoms. The van der Waals surface area contributed by atoms with Crippen molar-refractivity contribution in [2.24, 2.45) is 17.4 Å². The second kappa shape index (κ2) is 28.3. The van der Waals surface area contributed by atoms with Gasteiger partial charge in [-0.3, -0.25) is 24.0 Å². The standard InChI is InChI=1S/C34H66N6O7/c1-4-5-6-7-8-9-10-11-12-13-14-15-16-20-30(43)37-29(24-42)34(47)38-26(19-17-18-21-35)32(45)39-27(22-25(2)3)33(46)40-28(23-41)31(36)44/h25-29,41-42H,4-24,35H2,1-3H3,(H2,36,44)(H,37,43)(H,38,47)(H,39,45)(H,40,46)/t26-,27-,28-,29-/m0/s1. The third-order valence-electron chi connectivity index (χ3n) is 8.10. The summed E-state index contributed by atoms with van der Waals surface area (Å²) in [6.45, 7) is 4.95. The van der Waals surface area contributed by atoms with E-state index < -0.39 is 61.0 Å². The molecule has 0 aliphatic rings. The molecule has 13 heteroatoms. The lowest BCUT2D eigenvalue weighted by Crippen LogP contribution is -2.59. The Morgan fingerprint density at radius 2 is 1.02 bits per heavy atom. The van der Waals surface area contributed by atoms with Crippen LogP contribution in [0.15, 0.2) is 0 Å². The molecule has 13 nitrogen and oxygen atoms in total. The van der Waals surface area contributed by atoms with Gasteiger partial charge in [-0.25, -0.2) is 0 Å². The quantitative estimate of drug-likeness (QED) is 0.0527. The van der Waals surface area contributed by atoms with Crippen molar-refractivity contribution < 1.29 is 34.2 Å². The van der Waals surface area contributed by atoms with Crippen LogP contribution in [0.4, 0.5) is 0 Å². The van der Waals surface area contributed by atoms with E-state index in [1.54, 1.807) is 0 Å². The third-order valence-corrected chi connectivity index (χ3v) is 8.10. The molecule has 0 bridgehead atoms. The molecular weight excluding hydrogens is 604 g/mol. The van der Waals surface area contributed by atoms with Crippen LogP contribution in [-0.4, -0.2) is 83.7 Å². The van der Waals surface area contributed by atoms with Crippen LogP contribution in [0.2, 0.25) is 0 Å². The first kappa shape index (κ1) is 44.2. The molecule has 0 heterocycles. The Morgan fingerprint density at radius 1 is 0.574 bits per heavy atom. The molecule has 0 saturated carbocycles. The van der Waals surface area contributed by atoms with Gasteiger partial charge in [0.1, 0.15) is 24.2 Å². The van der Waals surface area contributed by atoms with E-state index in [0.29, 0.717) is 25.8 Å². The summed E-state index contributed by atoms with van der Waals surface area (Å²) in [4.78, 5) is 63.3. The minimum atomic E-state index is -1.32. The number of rotatable bonds is 30. The fourth-order valence-corrected chi connectivity index (χ4v) is 5.25. The van der Waals surface area contributed by atoms with Crippen LogP contribution < -0.4 is 32.7 Å². The SMILES string of the molecule is CCCCCCCCCCCCCCCC(=O)N[C@@H](CO)C(=O)N[C@@H](CCCCN)C(=O)N[C@@H](CC(C)C)C(=O)N[C@@H](CO)C(N)=O. The zero-order valence-electron chi connectivity index (χ0n) is 29.3. The van der Waals surface area contributed by atoms with E-state index in [1.807, 2.05) is 13.8 Å². The number of nitrogens with two attached hydrogens (primary N) is 2. The van der Waals surface area contributed by atoms with Gasteiger partial charge in [-0.2, -0.15) is 0 Å². The molecule has 0 aliphatic heterocycles. The highest BCUT2D eigenvalue weighted by molar-refractivity contribution is 5.95. The van der Waals surface area contributed by atoms with Crippen LogP contribution in [0.5, 0.6) is 0 Å². The van der Waals surface area contributed by atoms with Crippen LogP contribution in [0.1, 0.15) is 136 Å². The van der Waals surface area contributed by atoms with E-state index >= 15 is 0 Å². The Bertz CT molecular complexity index is 889. The summed E-state index contributed by atoms with van der Waals surface area (Å²) in [5.41, 5.74) is 10.8. The molecule has 10 N–H and O–H groups in total. The molecule has 0 radical (unpaired) electrons. The molecule has 0 aliphatic carbocycles. The largest absolute Gasteiger partial charge is 0.394 e. The monoisotopic (exact) mass is 670 g/mol. The average Bonchev–Trinajstić information content (AvgIpc) is 3.03. The lowest BCUT2D eigenvalue weighted by Gasteiger charge is -2.26. The number of primary amides is 1. The number of hydrogen-bond acceptors (Lipinski definition) is 8. The minimum absolute atomic E-state index is 0.0265. The summed E-state index contributed by atoms with van der Waals surface area (Å²) >= 11 is 0. The van der Waals surface area contributed by atoms with E-state index in [-0.39, 0.29) is 31.1 Å². The molecule has 5 amide bonds. The first-order chi connectivity index (χ1) is 22.5. The number of unbranched alkanes of at least 4 members (excludes halogenated alkanes) is 13. The van der Waals surface area contributed by atoms with E-state index in [4.69, 9.17) is 11.5 Å². The molecule has 274 valence electrons. The van der Waals surface area contributed by atoms with E-state index in [9.17, 15) is 34.2 Å². The van der Waals surface area contributed by atoms with Crippen LogP contribution in [0.3, 0.4) is 0 Å². The van der Waals surface area contributed by atoms with Crippen molar-refractivity contribution in [2.45, 2.75) is 161 Å². The number of amides is 5. The number of carbonyl (C=O) groups excluding carboxylic acids is 5. The summed E-state index contributed by atoms with van der Waals surface area (Å²) in [7, 11) is 0. The summed E-state index contributed by atoms with van der Waals surface area (Å²) in [5, 5.41) is 29.4. The minimum Gasteiger partial charge on any atom is -0.394 e. The van der Waals surface area contributed by atoms with Gasteiger partial charge in [-0.15, -0.1) is 0 Å². The molecule has 0 rings (SSSR count). The highest BCUT2D eigenvalue weighted by Crippen LogP contribution is 2.13. The van der Waals surface area contributed by atoms with Crippen LogP contribution in [-0.2, 0) is 24.0 Å². The fraction of sp³-hybridized carbons (Fsp3) is 0.853. The number of aliphatic hydroxyl groups excluding tert-OH is 2. The van der Waals surface area contributed by atoms with Crippen LogP contribution in [0, 0.1) is 5.92 Å². The van der Waals surface area contributed by atoms with E-state index in [1.165, 1.54) is 57.8 Å². The maximum atomic E-state index is 13.3. The van der Waals surface area contributed by atoms with Gasteiger partial charge in [0.15, 0.2) is 0 Å². The van der Waals surface area contributed by atoms with Gasteiger partial charge in [0.2, 0.25) is 29.5 Å². The lowest BCUT2D eigenvalue weighted by molar-refractivity contribution is -0.135. The molecule has 0 aromatic rings. The number of nitrogens with one attached hydrogen (secondary N) is 4. The predicted molar refractivity (Wildman–Crippen MR) is 184 cm³/mol. The Morgan fingerprint density at radius 3 is 1.49 bits per heavy atom. The van der Waals surface area contributed by atoms with E-state index in [2.05, 4.69) is 28.2 Å². The van der Waals surface area contributed by atoms with Crippen molar-refractivity contribution in [3.63, 3.8) is 0 Å². The molecule has 4 atom stereocenters. The van der Waals surface area contributed by atoms with Gasteiger partial charge in [0.05, 0.1) is 13.2 Å². The highest BCUT2D eigenvalue weighted by Gasteiger charge is 2.31. The Labute approximate surface area is 282 Å². The number of carbonyl (C=O) groups is 5. The Kier molecular flexibility index (Phi) is 26.6. The normalized spacial score (nSPS) is 13.8. The topological polar surface area (TPSA) is 226 Å². The second-order valence-electron chi connectivity index (χ2n) is 13.0. The number of aliphatic hydroxyl groups is 2. The average molecular weight is 671 g/mol. The van der Waals surface area contributed by atoms with Crippen molar-refractivity contribution in [3.8, 4) is 0 Å². The predicted octanol–water partition coefficient (Wildman–Crippen LogP) is 2.05. The van der Waals surface area contributed by atoms with Crippen LogP contribution in [0.25, 0.3) is 0 Å². The van der Waals surface area contributed by atoms with E-state index in [0.717, 1.165) is 19.3 Å². The molecule has 0 saturated heterocycles. The molecule has 0 unspecified atom stereocenters. The smallest absolute Gasteiger partial charge is 0.245 e. The summed E-state index contributed by atoms with van der Waals surface area (Å²) < 4.78 is 0. The molecule has 0 fully saturated rings. The van der Waals surface area contributed by atoms with Gasteiger partial charge in [-0.1, -0.05) is 97.8 Å². The zero-order chi connectivity index (χ0) is 35.5. The van der Waals surface area contributed by atoms with Crippen molar-refractivity contribution in [2.75, 3.05) is 19.8 Å². The fourth-order valence-electron chi connectivity index (χ4n) is 5.25. The maximum absolute atomic E-state index is 13.3. The van der Waals surface area contributed by atoms with Crippen molar-refractivity contribution in [3.05, 3.63) is 0 Å². The van der Waals surface area contributed by atoms with Crippen LogP contribution >= 0.6 is 0 Å². The molecule has 0 aromatic heterocycles. The number of hydrogen-bond donors (Lipinski definition) is 8. The molecule has 0 aromatic carbocycles. The Hall–Kier alpha value is -2.77. The molecule has 47 heavy (non-hydrogen) atoms. The van der Waals surface area contributed by atoms with Gasteiger partial charge >= 0.3 is 0 Å². The Balaban J connectivity index is 4.90. The van der Waals surface area contributed by atoms with Gasteiger partial charge in [0.25, 0.3) is 0 Å². The van der Waals surface area contributed by atoms with Crippen molar-refractivity contribution in [1.82, 2.24) is 21.3 Å². The lowest BCUT2D eigenvalue weighted by atomic mass is 10.0. The molecular formula is C34H66N6O7. The first-order valence-electron chi connectivity index (χ1n) is 17.9. The summed E-state index contributed by atoms with van der Waals surface area (Å²) in [5.74, 6) is -3.38. The van der Waals surface area contributed by atoms with Crippen molar-refractivity contribution in [1.29, 1.82) is 0 Å². The summed E-state index contributed by atoms with van der Waals surface area (Å²) in [6.07, 6.45) is 17.2. The zero-order valence-corrected chi connectivity index (χ0v) is 29.3. The van der Waals surface area contributed by atoms with Gasteiger partial charge in [-0.05, 0) is 44.6 Å². The van der Waals surface area contributed by atoms with Crippen molar-refractivity contribution >= 4 is 29.5 Å². The highest BCUT2D eigenvalue weighted by atomic mass is 16.3. The third kappa shape index (κ3) is 22.4. The first-order valence-corrected chi connectivity index (χ1v) is 17.9.